The van der Waals surface area contributed by atoms with Gasteiger partial charge in [-0.25, -0.2) is 4.79 Å². The van der Waals surface area contributed by atoms with Crippen molar-refractivity contribution < 1.29 is 23.8 Å². The zero-order valence-electron chi connectivity index (χ0n) is 18.3. The van der Waals surface area contributed by atoms with Gasteiger partial charge < -0.3 is 24.4 Å². The lowest BCUT2D eigenvalue weighted by Crippen LogP contribution is -2.54. The van der Waals surface area contributed by atoms with Crippen LogP contribution in [0.5, 0.6) is 5.75 Å². The number of piperidine rings is 1. The largest absolute Gasteiger partial charge is 0.497 e. The number of carbonyl (C=O) groups is 2. The Morgan fingerprint density at radius 3 is 2.88 bits per heavy atom. The van der Waals surface area contributed by atoms with Crippen molar-refractivity contribution in [1.82, 2.24) is 4.90 Å². The minimum Gasteiger partial charge on any atom is -0.497 e. The number of nitrogens with one attached hydrogen (secondary N) is 1. The van der Waals surface area contributed by atoms with Gasteiger partial charge in [-0.2, -0.15) is 0 Å². The van der Waals surface area contributed by atoms with Crippen LogP contribution in [0, 0.1) is 11.8 Å². The van der Waals surface area contributed by atoms with Crippen LogP contribution < -0.4 is 10.1 Å². The zero-order valence-corrected chi connectivity index (χ0v) is 20.5. The second-order valence-electron chi connectivity index (χ2n) is 9.10. The third-order valence-corrected chi connectivity index (χ3v) is 7.93. The molecule has 0 unspecified atom stereocenters. The highest BCUT2D eigenvalue weighted by Gasteiger charge is 2.63. The Kier molecular flexibility index (Phi) is 5.75. The molecule has 178 valence electrons. The molecule has 10 heteroatoms. The van der Waals surface area contributed by atoms with Crippen LogP contribution in [0.25, 0.3) is 0 Å². The zero-order chi connectivity index (χ0) is 23.5. The molecule has 4 aliphatic heterocycles. The SMILES string of the molecule is C/C=C1/CN(C(=O)OCC(Cl)(Cl)Cl)[C@H]2C[C@@]3(C(=O)Nc4cc(OC)ccc43)[C@H]3C[C@@H]1[C@@H]2CO3. The van der Waals surface area contributed by atoms with Crippen molar-refractivity contribution in [3.63, 3.8) is 0 Å². The Bertz CT molecular complexity index is 1030. The Hall–Kier alpha value is -1.67. The molecule has 1 saturated carbocycles. The summed E-state index contributed by atoms with van der Waals surface area (Å²) in [5.74, 6) is 0.832. The fourth-order valence-corrected chi connectivity index (χ4v) is 6.27. The van der Waals surface area contributed by atoms with Gasteiger partial charge in [-0.1, -0.05) is 52.5 Å². The first kappa shape index (κ1) is 23.1. The van der Waals surface area contributed by atoms with Gasteiger partial charge >= 0.3 is 6.09 Å². The molecule has 5 atom stereocenters. The summed E-state index contributed by atoms with van der Waals surface area (Å²) in [6.45, 7) is 2.50. The Morgan fingerprint density at radius 2 is 2.18 bits per heavy atom. The molecule has 1 aliphatic carbocycles. The van der Waals surface area contributed by atoms with Crippen LogP contribution in [0.3, 0.4) is 0 Å². The second kappa shape index (κ2) is 8.22. The number of alkyl halides is 3. The molecule has 6 rings (SSSR count). The van der Waals surface area contributed by atoms with Crippen LogP contribution in [-0.2, 0) is 19.7 Å². The number of hydrogen-bond donors (Lipinski definition) is 1. The van der Waals surface area contributed by atoms with Crippen LogP contribution in [0.2, 0.25) is 0 Å². The van der Waals surface area contributed by atoms with Crippen LogP contribution in [0.15, 0.2) is 29.8 Å². The summed E-state index contributed by atoms with van der Waals surface area (Å²) in [6.07, 6.45) is 2.35. The lowest BCUT2D eigenvalue weighted by atomic mass is 9.72. The van der Waals surface area contributed by atoms with Gasteiger partial charge in [-0.05, 0) is 37.3 Å². The molecule has 7 nitrogen and oxygen atoms in total. The third-order valence-electron chi connectivity index (χ3n) is 7.60. The molecule has 5 aliphatic rings. The number of rotatable bonds is 2. The molecule has 1 spiro atoms. The quantitative estimate of drug-likeness (QED) is 0.465. The summed E-state index contributed by atoms with van der Waals surface area (Å²) in [6, 6.07) is 5.36. The number of allylic oxidation sites excluding steroid dienone is 1. The van der Waals surface area contributed by atoms with E-state index in [1.165, 1.54) is 0 Å². The topological polar surface area (TPSA) is 77.1 Å². The summed E-state index contributed by atoms with van der Waals surface area (Å²) in [7, 11) is 1.59. The average Bonchev–Trinajstić information content (AvgIpc) is 2.90. The lowest BCUT2D eigenvalue weighted by molar-refractivity contribution is -0.129. The summed E-state index contributed by atoms with van der Waals surface area (Å²) in [5.41, 5.74) is 1.83. The fourth-order valence-electron chi connectivity index (χ4n) is 6.10. The molecule has 1 aromatic rings. The Balaban J connectivity index is 1.56. The van der Waals surface area contributed by atoms with Crippen LogP contribution in [0.1, 0.15) is 25.3 Å². The minimum atomic E-state index is -1.70. The Morgan fingerprint density at radius 1 is 1.39 bits per heavy atom. The van der Waals surface area contributed by atoms with Crippen molar-refractivity contribution >= 4 is 52.5 Å². The number of benzene rings is 1. The first-order chi connectivity index (χ1) is 15.7. The van der Waals surface area contributed by atoms with Crippen LogP contribution >= 0.6 is 34.8 Å². The van der Waals surface area contributed by atoms with E-state index in [0.717, 1.165) is 23.2 Å². The molecule has 0 aromatic heterocycles. The number of likely N-dealkylation sites (tertiary alicyclic amines) is 1. The minimum absolute atomic E-state index is 0.0518. The van der Waals surface area contributed by atoms with E-state index >= 15 is 0 Å². The van der Waals surface area contributed by atoms with Crippen molar-refractivity contribution in [1.29, 1.82) is 0 Å². The summed E-state index contributed by atoms with van der Waals surface area (Å²) < 4.78 is 15.3. The highest BCUT2D eigenvalue weighted by Crippen LogP contribution is 2.56. The fraction of sp³-hybridized carbons (Fsp3) is 0.565. The smallest absolute Gasteiger partial charge is 0.410 e. The number of nitrogens with zero attached hydrogens (tertiary/aromatic N) is 1. The number of halogens is 3. The van der Waals surface area contributed by atoms with Gasteiger partial charge in [0, 0.05) is 30.3 Å². The average molecular weight is 516 g/mol. The van der Waals surface area contributed by atoms with Crippen LogP contribution in [-0.4, -0.2) is 59.7 Å². The number of ether oxygens (including phenoxy) is 3. The molecule has 1 aromatic carbocycles. The van der Waals surface area contributed by atoms with E-state index in [1.54, 1.807) is 12.0 Å². The molecule has 4 fully saturated rings. The standard InChI is InChI=1S/C23H25Cl3N2O5/c1-3-12-9-28(21(30)33-11-23(24,25)26)18-8-22(19-7-14(12)15(18)10-32-19)16-5-4-13(31-2)6-17(16)27-20(22)29/h3-6,14-15,18-19H,7-11H2,1-2H3,(H,27,29)/b12-3-/t14-,15-,18-,19+,22-/m0/s1. The number of carbonyl (C=O) groups excluding carboxylic acids is 2. The van der Waals surface area contributed by atoms with E-state index in [0.29, 0.717) is 25.3 Å². The van der Waals surface area contributed by atoms with Crippen LogP contribution in [0.4, 0.5) is 10.5 Å². The normalized spacial score (nSPS) is 33.7. The van der Waals surface area contributed by atoms with E-state index in [-0.39, 0.29) is 36.5 Å². The van der Waals surface area contributed by atoms with E-state index in [4.69, 9.17) is 49.0 Å². The molecular weight excluding hydrogens is 491 g/mol. The van der Waals surface area contributed by atoms with Crippen molar-refractivity contribution in [2.45, 2.75) is 41.1 Å². The molecule has 4 bridgehead atoms. The summed E-state index contributed by atoms with van der Waals surface area (Å²) >= 11 is 17.4. The first-order valence-corrected chi connectivity index (χ1v) is 12.1. The van der Waals surface area contributed by atoms with Gasteiger partial charge in [0.25, 0.3) is 0 Å². The monoisotopic (exact) mass is 514 g/mol. The van der Waals surface area contributed by atoms with Crippen molar-refractivity contribution in [3.8, 4) is 5.75 Å². The van der Waals surface area contributed by atoms with E-state index < -0.39 is 15.3 Å². The molecule has 33 heavy (non-hydrogen) atoms. The predicted molar refractivity (Wildman–Crippen MR) is 125 cm³/mol. The summed E-state index contributed by atoms with van der Waals surface area (Å²) in [4.78, 5) is 28.4. The number of amides is 2. The van der Waals surface area contributed by atoms with Crippen molar-refractivity contribution in [2.24, 2.45) is 11.8 Å². The number of fused-ring (bicyclic) bond motifs is 2. The number of methoxy groups -OCH3 is 1. The number of anilines is 1. The molecular formula is C23H25Cl3N2O5. The maximum Gasteiger partial charge on any atom is 0.410 e. The molecule has 3 saturated heterocycles. The van der Waals surface area contributed by atoms with E-state index in [9.17, 15) is 9.59 Å². The lowest BCUT2D eigenvalue weighted by Gasteiger charge is -2.46. The van der Waals surface area contributed by atoms with Gasteiger partial charge in [0.05, 0.1) is 19.8 Å². The van der Waals surface area contributed by atoms with Gasteiger partial charge in [0.1, 0.15) is 17.8 Å². The van der Waals surface area contributed by atoms with E-state index in [1.807, 2.05) is 25.1 Å². The molecule has 1 N–H and O–H groups in total. The van der Waals surface area contributed by atoms with Crippen molar-refractivity contribution in [3.05, 3.63) is 35.4 Å². The second-order valence-corrected chi connectivity index (χ2v) is 11.6. The van der Waals surface area contributed by atoms with Gasteiger partial charge in [-0.3, -0.25) is 4.79 Å². The molecule has 0 radical (unpaired) electrons. The maximum atomic E-state index is 13.6. The van der Waals surface area contributed by atoms with E-state index in [2.05, 4.69) is 11.4 Å². The van der Waals surface area contributed by atoms with Crippen molar-refractivity contribution in [2.75, 3.05) is 32.2 Å². The van der Waals surface area contributed by atoms with Gasteiger partial charge in [0.2, 0.25) is 9.70 Å². The Labute approximate surface area is 207 Å². The van der Waals surface area contributed by atoms with Gasteiger partial charge in [0.15, 0.2) is 0 Å². The maximum absolute atomic E-state index is 13.6. The highest BCUT2D eigenvalue weighted by atomic mass is 35.6. The summed E-state index contributed by atoms with van der Waals surface area (Å²) in [5, 5.41) is 3.04. The highest BCUT2D eigenvalue weighted by molar-refractivity contribution is 6.67. The number of hydrogen-bond acceptors (Lipinski definition) is 5. The molecule has 4 heterocycles. The van der Waals surface area contributed by atoms with Gasteiger partial charge in [-0.15, -0.1) is 0 Å². The predicted octanol–water partition coefficient (Wildman–Crippen LogP) is 4.45. The molecule has 2 amide bonds. The third kappa shape index (κ3) is 3.68. The first-order valence-electron chi connectivity index (χ1n) is 10.9.